The van der Waals surface area contributed by atoms with Crippen LogP contribution in [0.2, 0.25) is 0 Å². The van der Waals surface area contributed by atoms with Gasteiger partial charge in [0.25, 0.3) is 6.23 Å². The molecule has 0 saturated heterocycles. The average molecular weight is 152 g/mol. The summed E-state index contributed by atoms with van der Waals surface area (Å²) >= 11 is 0. The Kier molecular flexibility index (Phi) is 3.05. The van der Waals surface area contributed by atoms with Crippen LogP contribution in [0.25, 0.3) is 0 Å². The quantitative estimate of drug-likeness (QED) is 0.599. The minimum atomic E-state index is 0.140. The maximum atomic E-state index is 5.39. The molecule has 2 nitrogen and oxygen atoms in total. The molecule has 0 amide bonds. The smallest absolute Gasteiger partial charge is 0.259 e. The van der Waals surface area contributed by atoms with E-state index in [1.54, 1.807) is 0 Å². The fourth-order valence-electron chi connectivity index (χ4n) is 0.982. The maximum absolute atomic E-state index is 5.39. The Balaban J connectivity index is 2.61. The molecule has 0 spiro atoms. The number of rotatable bonds is 3. The first-order valence-electron chi connectivity index (χ1n) is 3.92. The van der Waals surface area contributed by atoms with Gasteiger partial charge >= 0.3 is 0 Å². The molecule has 2 heteroatoms. The van der Waals surface area contributed by atoms with Crippen molar-refractivity contribution < 1.29 is 9.30 Å². The third-order valence-corrected chi connectivity index (χ3v) is 1.57. The monoisotopic (exact) mass is 152 g/mol. The van der Waals surface area contributed by atoms with Crippen molar-refractivity contribution in [2.45, 2.75) is 20.1 Å². The van der Waals surface area contributed by atoms with E-state index in [0.29, 0.717) is 0 Å². The number of ether oxygens (including phenoxy) is 1. The second-order valence-electron chi connectivity index (χ2n) is 2.38. The molecule has 0 aliphatic carbocycles. The normalized spacial score (nSPS) is 12.9. The Hall–Kier alpha value is -0.890. The summed E-state index contributed by atoms with van der Waals surface area (Å²) in [5, 5.41) is 0. The summed E-state index contributed by atoms with van der Waals surface area (Å²) < 4.78 is 7.42. The van der Waals surface area contributed by atoms with E-state index in [4.69, 9.17) is 4.74 Å². The van der Waals surface area contributed by atoms with Gasteiger partial charge in [0.05, 0.1) is 6.61 Å². The van der Waals surface area contributed by atoms with Crippen LogP contribution in [0.1, 0.15) is 20.1 Å². The van der Waals surface area contributed by atoms with Crippen molar-refractivity contribution in [1.82, 2.24) is 0 Å². The summed E-state index contributed by atoms with van der Waals surface area (Å²) in [5.41, 5.74) is 0. The van der Waals surface area contributed by atoms with E-state index < -0.39 is 0 Å². The molecule has 1 aromatic rings. The Morgan fingerprint density at radius 2 is 1.91 bits per heavy atom. The molecule has 0 N–H and O–H groups in total. The van der Waals surface area contributed by atoms with Crippen molar-refractivity contribution in [3.8, 4) is 0 Å². The van der Waals surface area contributed by atoms with E-state index in [-0.39, 0.29) is 6.23 Å². The van der Waals surface area contributed by atoms with Gasteiger partial charge in [-0.25, -0.2) is 0 Å². The molecule has 0 saturated carbocycles. The first-order valence-corrected chi connectivity index (χ1v) is 3.92. The predicted octanol–water partition coefficient (Wildman–Crippen LogP) is 1.53. The van der Waals surface area contributed by atoms with Crippen LogP contribution in [-0.2, 0) is 4.74 Å². The Morgan fingerprint density at radius 3 is 2.45 bits per heavy atom. The first kappa shape index (κ1) is 8.21. The fraction of sp³-hybridized carbons (Fsp3) is 0.444. The molecule has 11 heavy (non-hydrogen) atoms. The van der Waals surface area contributed by atoms with Crippen molar-refractivity contribution in [3.05, 3.63) is 30.6 Å². The van der Waals surface area contributed by atoms with Gasteiger partial charge in [0.1, 0.15) is 0 Å². The van der Waals surface area contributed by atoms with E-state index in [0.717, 1.165) is 6.61 Å². The fourth-order valence-corrected chi connectivity index (χ4v) is 0.982. The van der Waals surface area contributed by atoms with Crippen LogP contribution in [0.3, 0.4) is 0 Å². The molecule has 60 valence electrons. The molecule has 0 radical (unpaired) electrons. The van der Waals surface area contributed by atoms with Gasteiger partial charge in [-0.3, -0.25) is 0 Å². The molecule has 1 rings (SSSR count). The van der Waals surface area contributed by atoms with Gasteiger partial charge in [0, 0.05) is 19.1 Å². The van der Waals surface area contributed by atoms with Crippen LogP contribution < -0.4 is 4.57 Å². The molecule has 0 aliphatic heterocycles. The molecule has 1 unspecified atom stereocenters. The van der Waals surface area contributed by atoms with Crippen LogP contribution >= 0.6 is 0 Å². The van der Waals surface area contributed by atoms with E-state index in [9.17, 15) is 0 Å². The Labute approximate surface area is 67.4 Å². The first-order chi connectivity index (χ1) is 5.34. The number of aromatic nitrogens is 1. The van der Waals surface area contributed by atoms with Crippen LogP contribution in [0.5, 0.6) is 0 Å². The van der Waals surface area contributed by atoms with Gasteiger partial charge in [-0.2, -0.15) is 4.57 Å². The van der Waals surface area contributed by atoms with Crippen molar-refractivity contribution in [2.75, 3.05) is 6.61 Å². The number of hydrogen-bond donors (Lipinski definition) is 0. The van der Waals surface area contributed by atoms with E-state index in [1.807, 2.05) is 49.0 Å². The van der Waals surface area contributed by atoms with Crippen molar-refractivity contribution in [1.29, 1.82) is 0 Å². The minimum Gasteiger partial charge on any atom is -0.321 e. The Bertz CT molecular complexity index is 198. The van der Waals surface area contributed by atoms with Crippen molar-refractivity contribution in [2.24, 2.45) is 0 Å². The standard InChI is InChI=1S/C9H14NO/c1-3-11-9(2)10-7-5-4-6-8-10/h4-9H,3H2,1-2H3/q+1. The van der Waals surface area contributed by atoms with Crippen LogP contribution in [0, 0.1) is 0 Å². The number of hydrogen-bond acceptors (Lipinski definition) is 1. The molecule has 1 heterocycles. The topological polar surface area (TPSA) is 13.1 Å². The van der Waals surface area contributed by atoms with Gasteiger partial charge in [-0.15, -0.1) is 0 Å². The highest BCUT2D eigenvalue weighted by Gasteiger charge is 2.08. The second-order valence-corrected chi connectivity index (χ2v) is 2.38. The van der Waals surface area contributed by atoms with Crippen LogP contribution in [-0.4, -0.2) is 6.61 Å². The van der Waals surface area contributed by atoms with Gasteiger partial charge in [0.2, 0.25) is 0 Å². The number of nitrogens with zero attached hydrogens (tertiary/aromatic N) is 1. The molecule has 0 aromatic carbocycles. The summed E-state index contributed by atoms with van der Waals surface area (Å²) in [5.74, 6) is 0. The average Bonchev–Trinajstić information content (AvgIpc) is 2.07. The van der Waals surface area contributed by atoms with Gasteiger partial charge in [-0.05, 0) is 6.92 Å². The third kappa shape index (κ3) is 2.31. The lowest BCUT2D eigenvalue weighted by molar-refractivity contribution is -0.758. The van der Waals surface area contributed by atoms with Gasteiger partial charge in [-0.1, -0.05) is 6.07 Å². The van der Waals surface area contributed by atoms with E-state index in [2.05, 4.69) is 0 Å². The third-order valence-electron chi connectivity index (χ3n) is 1.57. The SMILES string of the molecule is CCOC(C)[n+]1ccccc1. The zero-order chi connectivity index (χ0) is 8.10. The largest absolute Gasteiger partial charge is 0.321 e. The lowest BCUT2D eigenvalue weighted by Crippen LogP contribution is -2.38. The molecule has 1 atom stereocenters. The molecular weight excluding hydrogens is 138 g/mol. The van der Waals surface area contributed by atoms with E-state index >= 15 is 0 Å². The highest BCUT2D eigenvalue weighted by atomic mass is 16.5. The van der Waals surface area contributed by atoms with Gasteiger partial charge < -0.3 is 4.74 Å². The summed E-state index contributed by atoms with van der Waals surface area (Å²) in [7, 11) is 0. The van der Waals surface area contributed by atoms with Gasteiger partial charge in [0.15, 0.2) is 12.4 Å². The molecule has 0 aliphatic rings. The zero-order valence-corrected chi connectivity index (χ0v) is 7.03. The summed E-state index contributed by atoms with van der Waals surface area (Å²) in [6.45, 7) is 4.78. The predicted molar refractivity (Wildman–Crippen MR) is 43.0 cm³/mol. The minimum absolute atomic E-state index is 0.140. The summed E-state index contributed by atoms with van der Waals surface area (Å²) in [6.07, 6.45) is 4.14. The zero-order valence-electron chi connectivity index (χ0n) is 7.03. The molecule has 0 bridgehead atoms. The van der Waals surface area contributed by atoms with E-state index in [1.165, 1.54) is 0 Å². The van der Waals surface area contributed by atoms with Crippen LogP contribution in [0.15, 0.2) is 30.6 Å². The molecular formula is C9H14NO+. The summed E-state index contributed by atoms with van der Waals surface area (Å²) in [6, 6.07) is 5.99. The lowest BCUT2D eigenvalue weighted by atomic mass is 10.4. The highest BCUT2D eigenvalue weighted by molar-refractivity contribution is 4.83. The highest BCUT2D eigenvalue weighted by Crippen LogP contribution is 1.94. The number of pyridine rings is 1. The maximum Gasteiger partial charge on any atom is 0.259 e. The van der Waals surface area contributed by atoms with Crippen molar-refractivity contribution in [3.63, 3.8) is 0 Å². The lowest BCUT2D eigenvalue weighted by Gasteiger charge is -2.04. The Morgan fingerprint density at radius 1 is 1.27 bits per heavy atom. The second kappa shape index (κ2) is 4.09. The summed E-state index contributed by atoms with van der Waals surface area (Å²) in [4.78, 5) is 0. The van der Waals surface area contributed by atoms with Crippen LogP contribution in [0.4, 0.5) is 0 Å². The molecule has 1 aromatic heterocycles. The molecule has 0 fully saturated rings. The van der Waals surface area contributed by atoms with Crippen molar-refractivity contribution >= 4 is 0 Å².